The zero-order valence-electron chi connectivity index (χ0n) is 21.4. The minimum atomic E-state index is -3.80. The van der Waals surface area contributed by atoms with Gasteiger partial charge in [-0.3, -0.25) is 0 Å². The van der Waals surface area contributed by atoms with Gasteiger partial charge in [0.1, 0.15) is 5.75 Å². The van der Waals surface area contributed by atoms with Gasteiger partial charge in [0, 0.05) is 13.1 Å². The molecule has 0 saturated carbocycles. The van der Waals surface area contributed by atoms with Crippen LogP contribution in [0.3, 0.4) is 0 Å². The molecule has 0 unspecified atom stereocenters. The third-order valence-electron chi connectivity index (χ3n) is 5.92. The molecule has 4 rings (SSSR count). The van der Waals surface area contributed by atoms with Crippen LogP contribution >= 0.6 is 0 Å². The number of nitrogens with zero attached hydrogens (tertiary/aromatic N) is 3. The molecule has 0 aliphatic rings. The lowest BCUT2D eigenvalue weighted by molar-refractivity contribution is 0.360. The number of hydrogen-bond donors (Lipinski definition) is 0. The highest BCUT2D eigenvalue weighted by molar-refractivity contribution is 7.89. The van der Waals surface area contributed by atoms with Crippen LogP contribution in [0.4, 0.5) is 0 Å². The summed E-state index contributed by atoms with van der Waals surface area (Å²) in [6.07, 6.45) is 0.643. The van der Waals surface area contributed by atoms with Crippen LogP contribution < -0.4 is 14.2 Å². The Morgan fingerprint density at radius 2 is 1.51 bits per heavy atom. The number of aryl methyl sites for hydroxylation is 1. The molecule has 0 atom stereocenters. The second-order valence-electron chi connectivity index (χ2n) is 8.38. The highest BCUT2D eigenvalue weighted by Gasteiger charge is 2.29. The van der Waals surface area contributed by atoms with Gasteiger partial charge in [-0.05, 0) is 61.9 Å². The maximum absolute atomic E-state index is 13.7. The molecule has 8 nitrogen and oxygen atoms in total. The van der Waals surface area contributed by atoms with Crippen molar-refractivity contribution in [3.05, 3.63) is 90.1 Å². The molecule has 1 aromatic heterocycles. The second-order valence-corrected chi connectivity index (χ2v) is 10.3. The van der Waals surface area contributed by atoms with Crippen LogP contribution in [0.1, 0.15) is 24.6 Å². The maximum atomic E-state index is 13.7. The maximum Gasteiger partial charge on any atom is 0.243 e. The van der Waals surface area contributed by atoms with Crippen molar-refractivity contribution in [2.75, 3.05) is 20.8 Å². The van der Waals surface area contributed by atoms with Gasteiger partial charge in [-0.15, -0.1) is 0 Å². The fraction of sp³-hybridized carbons (Fsp3) is 0.250. The molecule has 0 spiro atoms. The van der Waals surface area contributed by atoms with E-state index >= 15 is 0 Å². The highest BCUT2D eigenvalue weighted by atomic mass is 32.2. The van der Waals surface area contributed by atoms with E-state index in [1.54, 1.807) is 49.2 Å². The van der Waals surface area contributed by atoms with Crippen molar-refractivity contribution in [2.45, 2.75) is 31.7 Å². The summed E-state index contributed by atoms with van der Waals surface area (Å²) in [5.41, 5.74) is 2.13. The Bertz CT molecular complexity index is 1430. The van der Waals surface area contributed by atoms with E-state index < -0.39 is 10.0 Å². The lowest BCUT2D eigenvalue weighted by Crippen LogP contribution is -2.31. The van der Waals surface area contributed by atoms with E-state index in [0.717, 1.165) is 5.69 Å². The quantitative estimate of drug-likeness (QED) is 0.256. The molecule has 37 heavy (non-hydrogen) atoms. The first kappa shape index (κ1) is 26.2. The third-order valence-corrected chi connectivity index (χ3v) is 7.78. The molecule has 0 fully saturated rings. The fourth-order valence-corrected chi connectivity index (χ4v) is 5.48. The number of rotatable bonds is 11. The van der Waals surface area contributed by atoms with Gasteiger partial charge in [-0.2, -0.15) is 9.40 Å². The van der Waals surface area contributed by atoms with Crippen molar-refractivity contribution < 1.29 is 22.6 Å². The predicted molar refractivity (Wildman–Crippen MR) is 142 cm³/mol. The van der Waals surface area contributed by atoms with Gasteiger partial charge in [-0.1, -0.05) is 37.3 Å². The SMILES string of the molecule is CCCN(Cc1c(C)nn(-c2ccccc2)c1Oc1ccccc1OC)S(=O)(=O)c1ccc(OC)cc1. The molecular formula is C28H31N3O5S. The number of methoxy groups -OCH3 is 2. The van der Waals surface area contributed by atoms with Gasteiger partial charge >= 0.3 is 0 Å². The van der Waals surface area contributed by atoms with E-state index in [2.05, 4.69) is 0 Å². The van der Waals surface area contributed by atoms with Gasteiger partial charge in [0.15, 0.2) is 11.5 Å². The molecule has 4 aromatic rings. The highest BCUT2D eigenvalue weighted by Crippen LogP contribution is 2.36. The number of aromatic nitrogens is 2. The summed E-state index contributed by atoms with van der Waals surface area (Å²) >= 11 is 0. The largest absolute Gasteiger partial charge is 0.497 e. The van der Waals surface area contributed by atoms with Gasteiger partial charge in [0.05, 0.1) is 36.1 Å². The first-order valence-corrected chi connectivity index (χ1v) is 13.4. The lowest BCUT2D eigenvalue weighted by Gasteiger charge is -2.22. The Morgan fingerprint density at radius 1 is 0.865 bits per heavy atom. The molecule has 0 saturated heterocycles. The van der Waals surface area contributed by atoms with Crippen LogP contribution in [0, 0.1) is 6.92 Å². The van der Waals surface area contributed by atoms with E-state index in [1.165, 1.54) is 4.31 Å². The molecule has 0 aliphatic carbocycles. The molecule has 194 valence electrons. The molecule has 3 aromatic carbocycles. The average Bonchev–Trinajstić information content (AvgIpc) is 3.23. The summed E-state index contributed by atoms with van der Waals surface area (Å²) in [5, 5.41) is 4.74. The van der Waals surface area contributed by atoms with Crippen LogP contribution in [-0.2, 0) is 16.6 Å². The topological polar surface area (TPSA) is 82.9 Å². The van der Waals surface area contributed by atoms with Crippen molar-refractivity contribution in [3.8, 4) is 28.8 Å². The summed E-state index contributed by atoms with van der Waals surface area (Å²) < 4.78 is 47.6. The molecule has 0 N–H and O–H groups in total. The van der Waals surface area contributed by atoms with Crippen molar-refractivity contribution in [3.63, 3.8) is 0 Å². The number of para-hydroxylation sites is 3. The van der Waals surface area contributed by atoms with Crippen molar-refractivity contribution >= 4 is 10.0 Å². The van der Waals surface area contributed by atoms with Crippen LogP contribution in [0.5, 0.6) is 23.1 Å². The third kappa shape index (κ3) is 5.63. The Balaban J connectivity index is 1.80. The smallest absolute Gasteiger partial charge is 0.243 e. The van der Waals surface area contributed by atoms with Crippen molar-refractivity contribution in [2.24, 2.45) is 0 Å². The normalized spacial score (nSPS) is 11.5. The van der Waals surface area contributed by atoms with Gasteiger partial charge in [-0.25, -0.2) is 13.1 Å². The van der Waals surface area contributed by atoms with Crippen LogP contribution in [0.25, 0.3) is 5.69 Å². The van der Waals surface area contributed by atoms with Gasteiger partial charge < -0.3 is 14.2 Å². The molecule has 0 radical (unpaired) electrons. The van der Waals surface area contributed by atoms with Crippen LogP contribution in [-0.4, -0.2) is 43.3 Å². The van der Waals surface area contributed by atoms with E-state index in [9.17, 15) is 8.42 Å². The van der Waals surface area contributed by atoms with Crippen molar-refractivity contribution in [1.29, 1.82) is 0 Å². The monoisotopic (exact) mass is 521 g/mol. The van der Waals surface area contributed by atoms with Gasteiger partial charge in [0.2, 0.25) is 15.9 Å². The molecule has 9 heteroatoms. The molecule has 0 aliphatic heterocycles. The molecule has 0 amide bonds. The second kappa shape index (κ2) is 11.5. The standard InChI is InChI=1S/C28H31N3O5S/c1-5-19-30(37(32,33)24-17-15-23(34-3)16-18-24)20-25-21(2)29-31(22-11-7-6-8-12-22)28(25)36-27-14-10-9-13-26(27)35-4/h6-18H,5,19-20H2,1-4H3. The summed E-state index contributed by atoms with van der Waals surface area (Å²) in [6.45, 7) is 4.22. The molecule has 1 heterocycles. The van der Waals surface area contributed by atoms with Crippen LogP contribution in [0.15, 0.2) is 83.8 Å². The first-order chi connectivity index (χ1) is 17.9. The number of ether oxygens (including phenoxy) is 3. The average molecular weight is 522 g/mol. The minimum Gasteiger partial charge on any atom is -0.497 e. The van der Waals surface area contributed by atoms with E-state index in [1.807, 2.05) is 62.4 Å². The lowest BCUT2D eigenvalue weighted by atomic mass is 10.2. The Labute approximate surface area is 218 Å². The zero-order chi connectivity index (χ0) is 26.4. The molecule has 0 bridgehead atoms. The Morgan fingerprint density at radius 3 is 2.14 bits per heavy atom. The number of hydrogen-bond acceptors (Lipinski definition) is 6. The summed E-state index contributed by atoms with van der Waals surface area (Å²) in [6, 6.07) is 23.3. The van der Waals surface area contributed by atoms with E-state index in [0.29, 0.717) is 47.4 Å². The zero-order valence-corrected chi connectivity index (χ0v) is 22.2. The Kier molecular flexibility index (Phi) is 8.15. The summed E-state index contributed by atoms with van der Waals surface area (Å²) in [4.78, 5) is 0.196. The van der Waals surface area contributed by atoms with E-state index in [-0.39, 0.29) is 11.4 Å². The first-order valence-electron chi connectivity index (χ1n) is 12.0. The Hall–Kier alpha value is -3.82. The van der Waals surface area contributed by atoms with Crippen molar-refractivity contribution in [1.82, 2.24) is 14.1 Å². The predicted octanol–water partition coefficient (Wildman–Crippen LogP) is 5.59. The fourth-order valence-electron chi connectivity index (χ4n) is 3.98. The number of sulfonamides is 1. The summed E-state index contributed by atoms with van der Waals surface area (Å²) in [5.74, 6) is 2.08. The molecular weight excluding hydrogens is 490 g/mol. The minimum absolute atomic E-state index is 0.0886. The van der Waals surface area contributed by atoms with Gasteiger partial charge in [0.25, 0.3) is 0 Å². The number of benzene rings is 3. The van der Waals surface area contributed by atoms with Crippen LogP contribution in [0.2, 0.25) is 0 Å². The van der Waals surface area contributed by atoms with E-state index in [4.69, 9.17) is 19.3 Å². The summed E-state index contributed by atoms with van der Waals surface area (Å²) in [7, 11) is -0.679.